The topological polar surface area (TPSA) is 28.7 Å². The third-order valence-corrected chi connectivity index (χ3v) is 1.02. The van der Waals surface area contributed by atoms with Crippen molar-refractivity contribution in [2.45, 2.75) is 0 Å². The first-order chi connectivity index (χ1) is 4.93. The molecular formula is C8H9N2. The van der Waals surface area contributed by atoms with E-state index >= 15 is 0 Å². The first kappa shape index (κ1) is 6.81. The van der Waals surface area contributed by atoms with E-state index in [9.17, 15) is 0 Å². The predicted octanol–water partition coefficient (Wildman–Crippen LogP) is 1.81. The lowest BCUT2D eigenvalue weighted by molar-refractivity contribution is 1.26. The maximum absolute atomic E-state index is 3.99. The van der Waals surface area contributed by atoms with Gasteiger partial charge in [0.1, 0.15) is 5.82 Å². The Morgan fingerprint density at radius 1 is 1.50 bits per heavy atom. The maximum atomic E-state index is 3.99. The number of hydrogen-bond acceptors (Lipinski definition) is 1. The fraction of sp³-hybridized carbons (Fsp3) is 0. The Hall–Kier alpha value is -1.31. The number of nitrogens with zero attached hydrogens (tertiary/aromatic N) is 1. The highest BCUT2D eigenvalue weighted by Gasteiger charge is 1.81. The van der Waals surface area contributed by atoms with Crippen molar-refractivity contribution >= 4 is 6.08 Å². The van der Waals surface area contributed by atoms with E-state index in [1.54, 1.807) is 18.5 Å². The number of hydrogen-bond donors (Lipinski definition) is 1. The molecule has 1 rings (SSSR count). The number of allylic oxidation sites excluding steroid dienone is 3. The Morgan fingerprint density at radius 2 is 2.40 bits per heavy atom. The van der Waals surface area contributed by atoms with Crippen molar-refractivity contribution in [3.8, 4) is 0 Å². The van der Waals surface area contributed by atoms with E-state index in [2.05, 4.69) is 16.9 Å². The summed E-state index contributed by atoms with van der Waals surface area (Å²) in [7, 11) is 0. The van der Waals surface area contributed by atoms with E-state index in [4.69, 9.17) is 0 Å². The molecule has 0 spiro atoms. The number of aromatic nitrogens is 2. The molecule has 0 saturated carbocycles. The van der Waals surface area contributed by atoms with Crippen LogP contribution in [0.15, 0.2) is 30.6 Å². The van der Waals surface area contributed by atoms with Crippen molar-refractivity contribution in [1.29, 1.82) is 0 Å². The molecule has 0 aromatic carbocycles. The van der Waals surface area contributed by atoms with Gasteiger partial charge in [-0.15, -0.1) is 0 Å². The Labute approximate surface area is 60.3 Å². The average molecular weight is 133 g/mol. The quantitative estimate of drug-likeness (QED) is 0.612. The van der Waals surface area contributed by atoms with Crippen LogP contribution in [0.4, 0.5) is 0 Å². The Balaban J connectivity index is 2.55. The summed E-state index contributed by atoms with van der Waals surface area (Å²) in [5, 5.41) is 0. The van der Waals surface area contributed by atoms with E-state index < -0.39 is 0 Å². The first-order valence-electron chi connectivity index (χ1n) is 3.05. The SMILES string of the molecule is [CH2]/C=C/C=C/c1ncc[nH]1. The van der Waals surface area contributed by atoms with Gasteiger partial charge in [-0.1, -0.05) is 18.2 Å². The molecule has 0 atom stereocenters. The van der Waals surface area contributed by atoms with Crippen LogP contribution in [-0.4, -0.2) is 9.97 Å². The Bertz CT molecular complexity index is 219. The molecule has 1 heterocycles. The lowest BCUT2D eigenvalue weighted by Crippen LogP contribution is -1.70. The van der Waals surface area contributed by atoms with Crippen molar-refractivity contribution in [2.24, 2.45) is 0 Å². The molecule has 0 aliphatic heterocycles. The molecule has 10 heavy (non-hydrogen) atoms. The van der Waals surface area contributed by atoms with Gasteiger partial charge in [-0.2, -0.15) is 0 Å². The summed E-state index contributed by atoms with van der Waals surface area (Å²) < 4.78 is 0. The second-order valence-corrected chi connectivity index (χ2v) is 1.76. The zero-order valence-corrected chi connectivity index (χ0v) is 5.62. The molecule has 0 saturated heterocycles. The highest BCUT2D eigenvalue weighted by atomic mass is 14.9. The number of H-pyrrole nitrogens is 1. The van der Waals surface area contributed by atoms with Crippen molar-refractivity contribution < 1.29 is 0 Å². The standard InChI is InChI=1S/C8H9N2/c1-2-3-4-5-8-9-6-7-10-8/h2-7H,1H2,(H,9,10)/b3-2+,5-4+. The monoisotopic (exact) mass is 133 g/mol. The van der Waals surface area contributed by atoms with Crippen LogP contribution in [-0.2, 0) is 0 Å². The van der Waals surface area contributed by atoms with Crippen molar-refractivity contribution in [2.75, 3.05) is 0 Å². The van der Waals surface area contributed by atoms with Crippen LogP contribution in [0.1, 0.15) is 5.82 Å². The molecule has 1 aromatic rings. The number of rotatable bonds is 2. The van der Waals surface area contributed by atoms with Gasteiger partial charge in [0.15, 0.2) is 0 Å². The third-order valence-electron chi connectivity index (χ3n) is 1.02. The van der Waals surface area contributed by atoms with E-state index in [0.717, 1.165) is 5.82 Å². The largest absolute Gasteiger partial charge is 0.345 e. The van der Waals surface area contributed by atoms with E-state index in [-0.39, 0.29) is 0 Å². The minimum absolute atomic E-state index is 0.859. The molecule has 0 unspecified atom stereocenters. The first-order valence-corrected chi connectivity index (χ1v) is 3.05. The lowest BCUT2D eigenvalue weighted by atomic mass is 10.4. The predicted molar refractivity (Wildman–Crippen MR) is 42.1 cm³/mol. The fourth-order valence-electron chi connectivity index (χ4n) is 0.594. The van der Waals surface area contributed by atoms with Gasteiger partial charge in [0.05, 0.1) is 0 Å². The van der Waals surface area contributed by atoms with Gasteiger partial charge in [0.25, 0.3) is 0 Å². The second-order valence-electron chi connectivity index (χ2n) is 1.76. The van der Waals surface area contributed by atoms with Crippen LogP contribution in [0, 0.1) is 6.92 Å². The van der Waals surface area contributed by atoms with Gasteiger partial charge >= 0.3 is 0 Å². The summed E-state index contributed by atoms with van der Waals surface area (Å²) >= 11 is 0. The smallest absolute Gasteiger partial charge is 0.129 e. The summed E-state index contributed by atoms with van der Waals surface area (Å²) in [6, 6.07) is 0. The highest BCUT2D eigenvalue weighted by Crippen LogP contribution is 1.91. The van der Waals surface area contributed by atoms with E-state index in [1.165, 1.54) is 0 Å². The fourth-order valence-corrected chi connectivity index (χ4v) is 0.594. The summed E-state index contributed by atoms with van der Waals surface area (Å²) in [4.78, 5) is 6.94. The molecular weight excluding hydrogens is 124 g/mol. The summed E-state index contributed by atoms with van der Waals surface area (Å²) in [5.41, 5.74) is 0. The molecule has 0 aliphatic carbocycles. The Morgan fingerprint density at radius 3 is 3.00 bits per heavy atom. The molecule has 1 N–H and O–H groups in total. The Kier molecular flexibility index (Phi) is 2.49. The molecule has 2 heteroatoms. The highest BCUT2D eigenvalue weighted by molar-refractivity contribution is 5.42. The van der Waals surface area contributed by atoms with Crippen LogP contribution in [0.25, 0.3) is 6.08 Å². The second kappa shape index (κ2) is 3.67. The third kappa shape index (κ3) is 1.90. The van der Waals surface area contributed by atoms with Gasteiger partial charge in [0.2, 0.25) is 0 Å². The van der Waals surface area contributed by atoms with Gasteiger partial charge in [-0.25, -0.2) is 4.98 Å². The van der Waals surface area contributed by atoms with Gasteiger partial charge < -0.3 is 4.98 Å². The van der Waals surface area contributed by atoms with Crippen LogP contribution >= 0.6 is 0 Å². The van der Waals surface area contributed by atoms with Crippen LogP contribution in [0.5, 0.6) is 0 Å². The summed E-state index contributed by atoms with van der Waals surface area (Å²) in [6.07, 6.45) is 10.8. The molecule has 51 valence electrons. The number of aromatic amines is 1. The number of imidazole rings is 1. The zero-order valence-electron chi connectivity index (χ0n) is 5.62. The molecule has 0 bridgehead atoms. The maximum Gasteiger partial charge on any atom is 0.129 e. The van der Waals surface area contributed by atoms with E-state index in [1.807, 2.05) is 18.2 Å². The van der Waals surface area contributed by atoms with Gasteiger partial charge in [0, 0.05) is 12.4 Å². The zero-order chi connectivity index (χ0) is 7.23. The minimum atomic E-state index is 0.859. The van der Waals surface area contributed by atoms with Crippen LogP contribution in [0.2, 0.25) is 0 Å². The molecule has 0 aliphatic rings. The summed E-state index contributed by atoms with van der Waals surface area (Å²) in [5.74, 6) is 0.859. The van der Waals surface area contributed by atoms with Crippen molar-refractivity contribution in [3.63, 3.8) is 0 Å². The van der Waals surface area contributed by atoms with Crippen molar-refractivity contribution in [1.82, 2.24) is 9.97 Å². The van der Waals surface area contributed by atoms with Gasteiger partial charge in [-0.05, 0) is 13.0 Å². The number of nitrogens with one attached hydrogen (secondary N) is 1. The molecule has 0 amide bonds. The molecule has 1 aromatic heterocycles. The van der Waals surface area contributed by atoms with E-state index in [0.29, 0.717) is 0 Å². The minimum Gasteiger partial charge on any atom is -0.345 e. The van der Waals surface area contributed by atoms with Crippen molar-refractivity contribution in [3.05, 3.63) is 43.4 Å². The molecule has 1 radical (unpaired) electrons. The molecule has 2 nitrogen and oxygen atoms in total. The van der Waals surface area contributed by atoms with Gasteiger partial charge in [-0.3, -0.25) is 0 Å². The average Bonchev–Trinajstić information content (AvgIpc) is 2.41. The summed E-state index contributed by atoms with van der Waals surface area (Å²) in [6.45, 7) is 3.54. The molecule has 0 fully saturated rings. The normalized spacial score (nSPS) is 11.7. The lowest BCUT2D eigenvalue weighted by Gasteiger charge is -1.78. The van der Waals surface area contributed by atoms with Crippen LogP contribution < -0.4 is 0 Å². The van der Waals surface area contributed by atoms with Crippen LogP contribution in [0.3, 0.4) is 0 Å².